The van der Waals surface area contributed by atoms with Crippen molar-refractivity contribution in [3.63, 3.8) is 0 Å². The minimum absolute atomic E-state index is 0.346. The highest BCUT2D eigenvalue weighted by Crippen LogP contribution is 2.57. The molecule has 4 aromatic rings. The van der Waals surface area contributed by atoms with Crippen molar-refractivity contribution in [2.45, 2.75) is 19.4 Å². The van der Waals surface area contributed by atoms with Gasteiger partial charge in [-0.25, -0.2) is 4.79 Å². The molecule has 2 heterocycles. The third-order valence-electron chi connectivity index (χ3n) is 6.98. The number of hydrogen-bond donors (Lipinski definition) is 1. The van der Waals surface area contributed by atoms with Gasteiger partial charge in [0, 0.05) is 47.2 Å². The Kier molecular flexibility index (Phi) is 5.38. The van der Waals surface area contributed by atoms with Crippen LogP contribution in [0.3, 0.4) is 0 Å². The SMILES string of the molecule is CCN(CC)c1ccc2c(c1)Oc1ccc(Nc3ccccc3Cl)cc1[C@]21OC(=O)c2ccccc21. The number of halogens is 1. The highest BCUT2D eigenvalue weighted by Gasteiger charge is 2.53. The topological polar surface area (TPSA) is 50.8 Å². The molecular formula is C30H25ClN2O3. The van der Waals surface area contributed by atoms with Crippen molar-refractivity contribution in [3.05, 3.63) is 112 Å². The molecule has 6 rings (SSSR count). The molecule has 6 heteroatoms. The highest BCUT2D eigenvalue weighted by molar-refractivity contribution is 6.33. The largest absolute Gasteiger partial charge is 0.456 e. The van der Waals surface area contributed by atoms with Gasteiger partial charge in [0.1, 0.15) is 11.5 Å². The van der Waals surface area contributed by atoms with E-state index in [1.807, 2.05) is 78.9 Å². The van der Waals surface area contributed by atoms with E-state index in [1.165, 1.54) is 0 Å². The number of ether oxygens (including phenoxy) is 2. The quantitative estimate of drug-likeness (QED) is 0.290. The minimum Gasteiger partial charge on any atom is -0.456 e. The summed E-state index contributed by atoms with van der Waals surface area (Å²) < 4.78 is 12.8. The molecule has 0 radical (unpaired) electrons. The van der Waals surface area contributed by atoms with Crippen LogP contribution in [-0.4, -0.2) is 19.1 Å². The molecule has 2 aliphatic rings. The summed E-state index contributed by atoms with van der Waals surface area (Å²) in [5.74, 6) is 0.985. The van der Waals surface area contributed by atoms with Gasteiger partial charge >= 0.3 is 5.97 Å². The zero-order valence-electron chi connectivity index (χ0n) is 20.0. The molecule has 1 atom stereocenters. The summed E-state index contributed by atoms with van der Waals surface area (Å²) >= 11 is 6.39. The predicted octanol–water partition coefficient (Wildman–Crippen LogP) is 7.50. The van der Waals surface area contributed by atoms with Crippen LogP contribution in [-0.2, 0) is 10.3 Å². The first-order valence-corrected chi connectivity index (χ1v) is 12.5. The molecule has 0 bridgehead atoms. The van der Waals surface area contributed by atoms with Crippen LogP contribution in [0.4, 0.5) is 17.1 Å². The van der Waals surface area contributed by atoms with E-state index in [-0.39, 0.29) is 5.97 Å². The number of fused-ring (bicyclic) bond motifs is 6. The molecule has 0 saturated carbocycles. The lowest BCUT2D eigenvalue weighted by Gasteiger charge is -2.37. The van der Waals surface area contributed by atoms with Gasteiger partial charge in [-0.1, -0.05) is 41.9 Å². The molecule has 1 spiro atoms. The van der Waals surface area contributed by atoms with E-state index in [0.717, 1.165) is 46.8 Å². The first-order chi connectivity index (χ1) is 17.5. The van der Waals surface area contributed by atoms with Gasteiger partial charge in [0.2, 0.25) is 0 Å². The van der Waals surface area contributed by atoms with Crippen molar-refractivity contribution in [3.8, 4) is 11.5 Å². The molecule has 36 heavy (non-hydrogen) atoms. The third-order valence-corrected chi connectivity index (χ3v) is 7.31. The van der Waals surface area contributed by atoms with Crippen LogP contribution >= 0.6 is 11.6 Å². The van der Waals surface area contributed by atoms with Gasteiger partial charge in [0.15, 0.2) is 5.60 Å². The van der Waals surface area contributed by atoms with E-state index in [4.69, 9.17) is 21.1 Å². The van der Waals surface area contributed by atoms with E-state index < -0.39 is 5.60 Å². The van der Waals surface area contributed by atoms with Gasteiger partial charge in [-0.05, 0) is 62.4 Å². The fraction of sp³-hybridized carbons (Fsp3) is 0.167. The Balaban J connectivity index is 1.55. The Hall–Kier alpha value is -3.96. The van der Waals surface area contributed by atoms with E-state index in [9.17, 15) is 4.79 Å². The molecule has 180 valence electrons. The second-order valence-corrected chi connectivity index (χ2v) is 9.29. The summed E-state index contributed by atoms with van der Waals surface area (Å²) in [6.07, 6.45) is 0. The molecular weight excluding hydrogens is 472 g/mol. The van der Waals surface area contributed by atoms with Gasteiger partial charge in [-0.3, -0.25) is 0 Å². The van der Waals surface area contributed by atoms with Crippen LogP contribution in [0.25, 0.3) is 0 Å². The second kappa shape index (κ2) is 8.61. The number of carbonyl (C=O) groups excluding carboxylic acids is 1. The number of rotatable bonds is 5. The Morgan fingerprint density at radius 2 is 1.61 bits per heavy atom. The van der Waals surface area contributed by atoms with E-state index in [1.54, 1.807) is 0 Å². The number of para-hydroxylation sites is 1. The Labute approximate surface area is 215 Å². The monoisotopic (exact) mass is 496 g/mol. The minimum atomic E-state index is -1.11. The van der Waals surface area contributed by atoms with Crippen LogP contribution in [0, 0.1) is 0 Å². The molecule has 0 aromatic heterocycles. The molecule has 2 aliphatic heterocycles. The highest BCUT2D eigenvalue weighted by atomic mass is 35.5. The number of hydrogen-bond acceptors (Lipinski definition) is 5. The van der Waals surface area contributed by atoms with Gasteiger partial charge in [0.25, 0.3) is 0 Å². The predicted molar refractivity (Wildman–Crippen MR) is 143 cm³/mol. The molecule has 0 fully saturated rings. The van der Waals surface area contributed by atoms with E-state index >= 15 is 0 Å². The normalized spacial score (nSPS) is 17.0. The maximum absolute atomic E-state index is 13.1. The lowest BCUT2D eigenvalue weighted by molar-refractivity contribution is 0.0224. The molecule has 0 amide bonds. The molecule has 4 aromatic carbocycles. The van der Waals surface area contributed by atoms with Gasteiger partial charge < -0.3 is 19.7 Å². The summed E-state index contributed by atoms with van der Waals surface area (Å²) in [5.41, 5.74) is 4.50. The summed E-state index contributed by atoms with van der Waals surface area (Å²) in [7, 11) is 0. The maximum Gasteiger partial charge on any atom is 0.340 e. The number of nitrogens with zero attached hydrogens (tertiary/aromatic N) is 1. The van der Waals surface area contributed by atoms with Crippen molar-refractivity contribution in [2.24, 2.45) is 0 Å². The first kappa shape index (κ1) is 22.5. The second-order valence-electron chi connectivity index (χ2n) is 8.89. The van der Waals surface area contributed by atoms with Crippen molar-refractivity contribution in [1.29, 1.82) is 0 Å². The Bertz CT molecular complexity index is 1500. The molecule has 0 aliphatic carbocycles. The Morgan fingerprint density at radius 1 is 0.833 bits per heavy atom. The van der Waals surface area contributed by atoms with Crippen LogP contribution in [0.2, 0.25) is 5.02 Å². The molecule has 1 N–H and O–H groups in total. The number of carbonyl (C=O) groups is 1. The number of esters is 1. The lowest BCUT2D eigenvalue weighted by Crippen LogP contribution is -2.33. The first-order valence-electron chi connectivity index (χ1n) is 12.1. The van der Waals surface area contributed by atoms with Crippen LogP contribution in [0.5, 0.6) is 11.5 Å². The number of benzene rings is 4. The van der Waals surface area contributed by atoms with E-state index in [2.05, 4.69) is 30.1 Å². The maximum atomic E-state index is 13.1. The van der Waals surface area contributed by atoms with Crippen LogP contribution in [0.15, 0.2) is 84.9 Å². The van der Waals surface area contributed by atoms with Crippen LogP contribution < -0.4 is 15.0 Å². The van der Waals surface area contributed by atoms with Crippen molar-refractivity contribution in [2.75, 3.05) is 23.3 Å². The van der Waals surface area contributed by atoms with Gasteiger partial charge in [0.05, 0.1) is 16.3 Å². The number of anilines is 3. The molecule has 0 saturated heterocycles. The summed E-state index contributed by atoms with van der Waals surface area (Å²) in [5, 5.41) is 4.01. The molecule has 5 nitrogen and oxygen atoms in total. The zero-order chi connectivity index (χ0) is 24.9. The Morgan fingerprint density at radius 3 is 2.42 bits per heavy atom. The summed E-state index contributed by atoms with van der Waals surface area (Å²) in [6.45, 7) is 6.02. The van der Waals surface area contributed by atoms with Crippen molar-refractivity contribution < 1.29 is 14.3 Å². The average Bonchev–Trinajstić information content (AvgIpc) is 3.19. The molecule has 0 unspecified atom stereocenters. The van der Waals surface area contributed by atoms with Crippen LogP contribution in [0.1, 0.15) is 40.9 Å². The van der Waals surface area contributed by atoms with Gasteiger partial charge in [-0.15, -0.1) is 0 Å². The summed E-state index contributed by atoms with van der Waals surface area (Å²) in [4.78, 5) is 15.4. The summed E-state index contributed by atoms with van der Waals surface area (Å²) in [6, 6.07) is 27.1. The fourth-order valence-corrected chi connectivity index (χ4v) is 5.43. The standard InChI is InChI=1S/C30H25ClN2O3/c1-3-33(4-2)20-14-15-23-28(18-20)35-27-16-13-19(32-26-12-8-7-11-25(26)31)17-24(27)30(23)22-10-6-5-9-21(22)29(34)36-30/h5-18,32H,3-4H2,1-2H3/t30-/m1/s1. The smallest absolute Gasteiger partial charge is 0.340 e. The van der Waals surface area contributed by atoms with Crippen molar-refractivity contribution in [1.82, 2.24) is 0 Å². The van der Waals surface area contributed by atoms with Gasteiger partial charge in [-0.2, -0.15) is 0 Å². The van der Waals surface area contributed by atoms with Crippen molar-refractivity contribution >= 4 is 34.6 Å². The zero-order valence-corrected chi connectivity index (χ0v) is 20.8. The lowest BCUT2D eigenvalue weighted by atomic mass is 9.77. The average molecular weight is 497 g/mol. The third kappa shape index (κ3) is 3.34. The van der Waals surface area contributed by atoms with E-state index in [0.29, 0.717) is 22.1 Å². The fourth-order valence-electron chi connectivity index (χ4n) is 5.24. The number of nitrogens with one attached hydrogen (secondary N) is 1.